The number of anilines is 1. The first kappa shape index (κ1) is 14.1. The Morgan fingerprint density at radius 2 is 1.79 bits per heavy atom. The summed E-state index contributed by atoms with van der Waals surface area (Å²) in [7, 11) is 0. The number of carbonyl (C=O) groups is 1. The molecule has 0 aliphatic rings. The molecule has 0 saturated carbocycles. The molecule has 5 nitrogen and oxygen atoms in total. The Labute approximate surface area is 137 Å². The number of rotatable bonds is 3. The molecule has 0 atom stereocenters. The van der Waals surface area contributed by atoms with Crippen molar-refractivity contribution in [3.8, 4) is 11.3 Å². The minimum Gasteiger partial charge on any atom is -0.355 e. The Kier molecular flexibility index (Phi) is 3.51. The van der Waals surface area contributed by atoms with E-state index in [1.807, 2.05) is 36.4 Å². The van der Waals surface area contributed by atoms with Crippen LogP contribution in [0.2, 0.25) is 0 Å². The van der Waals surface area contributed by atoms with Gasteiger partial charge in [-0.1, -0.05) is 41.6 Å². The summed E-state index contributed by atoms with van der Waals surface area (Å²) in [6.45, 7) is 0. The van der Waals surface area contributed by atoms with E-state index in [0.717, 1.165) is 10.9 Å². The summed E-state index contributed by atoms with van der Waals surface area (Å²) in [6, 6.07) is 20.3. The fourth-order valence-corrected chi connectivity index (χ4v) is 2.51. The zero-order valence-electron chi connectivity index (χ0n) is 12.6. The Hall–Kier alpha value is -3.47. The SMILES string of the molecule is O=C(Nc1ccccn1)c1ccc2noc(-c3ccccc3)c2c1. The molecule has 5 heteroatoms. The third kappa shape index (κ3) is 2.63. The van der Waals surface area contributed by atoms with Crippen molar-refractivity contribution in [3.63, 3.8) is 0 Å². The molecule has 1 N–H and O–H groups in total. The molecule has 116 valence electrons. The number of carbonyl (C=O) groups excluding carboxylic acids is 1. The summed E-state index contributed by atoms with van der Waals surface area (Å²) < 4.78 is 5.46. The number of pyridine rings is 1. The lowest BCUT2D eigenvalue weighted by molar-refractivity contribution is 0.102. The molecular weight excluding hydrogens is 302 g/mol. The normalized spacial score (nSPS) is 10.7. The minimum absolute atomic E-state index is 0.226. The molecule has 0 unspecified atom stereocenters. The lowest BCUT2D eigenvalue weighted by Gasteiger charge is -2.04. The lowest BCUT2D eigenvalue weighted by Crippen LogP contribution is -2.12. The van der Waals surface area contributed by atoms with Gasteiger partial charge in [-0.05, 0) is 30.3 Å². The fourth-order valence-electron chi connectivity index (χ4n) is 2.51. The maximum atomic E-state index is 12.4. The number of nitrogens with zero attached hydrogens (tertiary/aromatic N) is 2. The average Bonchev–Trinajstić information content (AvgIpc) is 3.06. The molecule has 0 aliphatic carbocycles. The van der Waals surface area contributed by atoms with Crippen LogP contribution in [0.15, 0.2) is 77.4 Å². The number of amides is 1. The van der Waals surface area contributed by atoms with Gasteiger partial charge in [0, 0.05) is 17.3 Å². The highest BCUT2D eigenvalue weighted by Crippen LogP contribution is 2.29. The van der Waals surface area contributed by atoms with E-state index < -0.39 is 0 Å². The molecule has 0 bridgehead atoms. The van der Waals surface area contributed by atoms with Crippen LogP contribution in [0, 0.1) is 0 Å². The van der Waals surface area contributed by atoms with Crippen molar-refractivity contribution < 1.29 is 9.32 Å². The third-order valence-corrected chi connectivity index (χ3v) is 3.68. The topological polar surface area (TPSA) is 68.0 Å². The minimum atomic E-state index is -0.226. The quantitative estimate of drug-likeness (QED) is 0.617. The highest BCUT2D eigenvalue weighted by atomic mass is 16.5. The van der Waals surface area contributed by atoms with E-state index in [1.54, 1.807) is 36.5 Å². The predicted octanol–water partition coefficient (Wildman–Crippen LogP) is 4.14. The number of hydrogen-bond acceptors (Lipinski definition) is 4. The first-order valence-corrected chi connectivity index (χ1v) is 7.48. The van der Waals surface area contributed by atoms with Crippen LogP contribution in [-0.4, -0.2) is 16.0 Å². The summed E-state index contributed by atoms with van der Waals surface area (Å²) >= 11 is 0. The van der Waals surface area contributed by atoms with Crippen molar-refractivity contribution in [1.82, 2.24) is 10.1 Å². The van der Waals surface area contributed by atoms with Crippen LogP contribution in [0.3, 0.4) is 0 Å². The number of aromatic nitrogens is 2. The van der Waals surface area contributed by atoms with E-state index in [1.165, 1.54) is 0 Å². The van der Waals surface area contributed by atoms with Crippen LogP contribution in [0.1, 0.15) is 10.4 Å². The molecule has 4 aromatic rings. The molecular formula is C19H13N3O2. The van der Waals surface area contributed by atoms with Gasteiger partial charge >= 0.3 is 0 Å². The van der Waals surface area contributed by atoms with Crippen LogP contribution in [0.4, 0.5) is 5.82 Å². The van der Waals surface area contributed by atoms with Gasteiger partial charge in [0.2, 0.25) is 0 Å². The number of nitrogens with one attached hydrogen (secondary N) is 1. The molecule has 2 aromatic heterocycles. The highest BCUT2D eigenvalue weighted by Gasteiger charge is 2.14. The standard InChI is InChI=1S/C19H13N3O2/c23-19(21-17-8-4-5-11-20-17)14-9-10-16-15(12-14)18(24-22-16)13-6-2-1-3-7-13/h1-12H,(H,20,21,23). The van der Waals surface area contributed by atoms with Crippen LogP contribution >= 0.6 is 0 Å². The van der Waals surface area contributed by atoms with Gasteiger partial charge in [0.15, 0.2) is 5.76 Å². The van der Waals surface area contributed by atoms with Gasteiger partial charge in [-0.15, -0.1) is 0 Å². The van der Waals surface area contributed by atoms with Gasteiger partial charge in [0.25, 0.3) is 5.91 Å². The molecule has 0 saturated heterocycles. The van der Waals surface area contributed by atoms with Crippen LogP contribution in [0.5, 0.6) is 0 Å². The third-order valence-electron chi connectivity index (χ3n) is 3.68. The molecule has 1 amide bonds. The Bertz CT molecular complexity index is 995. The first-order chi connectivity index (χ1) is 11.8. The zero-order chi connectivity index (χ0) is 16.4. The maximum Gasteiger partial charge on any atom is 0.256 e. The Morgan fingerprint density at radius 1 is 0.958 bits per heavy atom. The second-order valence-corrected chi connectivity index (χ2v) is 5.28. The largest absolute Gasteiger partial charge is 0.355 e. The van der Waals surface area contributed by atoms with Gasteiger partial charge in [-0.2, -0.15) is 0 Å². The lowest BCUT2D eigenvalue weighted by atomic mass is 10.1. The van der Waals surface area contributed by atoms with Crippen molar-refractivity contribution in [1.29, 1.82) is 0 Å². The van der Waals surface area contributed by atoms with E-state index in [0.29, 0.717) is 22.7 Å². The number of fused-ring (bicyclic) bond motifs is 1. The van der Waals surface area contributed by atoms with E-state index in [-0.39, 0.29) is 5.91 Å². The summed E-state index contributed by atoms with van der Waals surface area (Å²) in [4.78, 5) is 16.5. The van der Waals surface area contributed by atoms with Gasteiger partial charge in [0.1, 0.15) is 11.3 Å². The van der Waals surface area contributed by atoms with Crippen molar-refractivity contribution in [2.45, 2.75) is 0 Å². The zero-order valence-corrected chi connectivity index (χ0v) is 12.6. The summed E-state index contributed by atoms with van der Waals surface area (Å²) in [6.07, 6.45) is 1.63. The fraction of sp³-hybridized carbons (Fsp3) is 0. The van der Waals surface area contributed by atoms with Gasteiger partial charge in [-0.25, -0.2) is 4.98 Å². The summed E-state index contributed by atoms with van der Waals surface area (Å²) in [5, 5.41) is 7.63. The highest BCUT2D eigenvalue weighted by molar-refractivity contribution is 6.07. The number of hydrogen-bond donors (Lipinski definition) is 1. The molecule has 2 heterocycles. The molecule has 0 aliphatic heterocycles. The Balaban J connectivity index is 1.71. The second kappa shape index (κ2) is 5.96. The van der Waals surface area contributed by atoms with Crippen molar-refractivity contribution >= 4 is 22.6 Å². The predicted molar refractivity (Wildman–Crippen MR) is 91.6 cm³/mol. The van der Waals surface area contributed by atoms with Crippen molar-refractivity contribution in [3.05, 3.63) is 78.5 Å². The molecule has 0 spiro atoms. The van der Waals surface area contributed by atoms with E-state index in [4.69, 9.17) is 4.52 Å². The molecule has 2 aromatic carbocycles. The van der Waals surface area contributed by atoms with Gasteiger partial charge < -0.3 is 9.84 Å². The average molecular weight is 315 g/mol. The van der Waals surface area contributed by atoms with Crippen molar-refractivity contribution in [2.75, 3.05) is 5.32 Å². The monoisotopic (exact) mass is 315 g/mol. The summed E-state index contributed by atoms with van der Waals surface area (Å²) in [5.74, 6) is 0.935. The van der Waals surface area contributed by atoms with E-state index in [2.05, 4.69) is 15.5 Å². The Morgan fingerprint density at radius 3 is 2.58 bits per heavy atom. The first-order valence-electron chi connectivity index (χ1n) is 7.48. The van der Waals surface area contributed by atoms with Crippen LogP contribution < -0.4 is 5.32 Å². The van der Waals surface area contributed by atoms with Crippen LogP contribution in [0.25, 0.3) is 22.2 Å². The second-order valence-electron chi connectivity index (χ2n) is 5.28. The number of benzene rings is 2. The molecule has 4 rings (SSSR count). The van der Waals surface area contributed by atoms with Gasteiger partial charge in [-0.3, -0.25) is 4.79 Å². The maximum absolute atomic E-state index is 12.4. The van der Waals surface area contributed by atoms with E-state index in [9.17, 15) is 4.79 Å². The summed E-state index contributed by atoms with van der Waals surface area (Å²) in [5.41, 5.74) is 2.15. The molecule has 24 heavy (non-hydrogen) atoms. The van der Waals surface area contributed by atoms with Crippen molar-refractivity contribution in [2.24, 2.45) is 0 Å². The van der Waals surface area contributed by atoms with E-state index >= 15 is 0 Å². The smallest absolute Gasteiger partial charge is 0.256 e. The molecule has 0 fully saturated rings. The molecule has 0 radical (unpaired) electrons. The van der Waals surface area contributed by atoms with Crippen LogP contribution in [-0.2, 0) is 0 Å². The van der Waals surface area contributed by atoms with Gasteiger partial charge in [0.05, 0.1) is 5.39 Å².